The second-order valence-corrected chi connectivity index (χ2v) is 5.71. The molecule has 23 heavy (non-hydrogen) atoms. The summed E-state index contributed by atoms with van der Waals surface area (Å²) in [5.74, 6) is 1.26. The molecule has 0 spiro atoms. The highest BCUT2D eigenvalue weighted by atomic mass is 16.5. The number of ether oxygens (including phenoxy) is 1. The zero-order chi connectivity index (χ0) is 16.5. The lowest BCUT2D eigenvalue weighted by Gasteiger charge is -2.18. The second-order valence-electron chi connectivity index (χ2n) is 5.71. The van der Waals surface area contributed by atoms with Gasteiger partial charge in [0.05, 0.1) is 7.11 Å². The maximum atomic E-state index is 11.8. The highest BCUT2D eigenvalue weighted by molar-refractivity contribution is 5.75. The van der Waals surface area contributed by atoms with E-state index >= 15 is 0 Å². The van der Waals surface area contributed by atoms with Gasteiger partial charge in [-0.05, 0) is 36.1 Å². The molecule has 3 nitrogen and oxygen atoms in total. The Kier molecular flexibility index (Phi) is 6.67. The number of rotatable bonds is 8. The molecule has 0 aliphatic heterocycles. The molecule has 1 amide bonds. The minimum absolute atomic E-state index is 0.128. The third-order valence-electron chi connectivity index (χ3n) is 3.93. The van der Waals surface area contributed by atoms with Crippen LogP contribution in [0.4, 0.5) is 0 Å². The summed E-state index contributed by atoms with van der Waals surface area (Å²) in [6.07, 6.45) is 2.35. The number of hydrogen-bond acceptors (Lipinski definition) is 2. The van der Waals surface area contributed by atoms with Gasteiger partial charge in [-0.3, -0.25) is 4.79 Å². The second kappa shape index (κ2) is 8.99. The van der Waals surface area contributed by atoms with Crippen molar-refractivity contribution in [3.05, 3.63) is 65.7 Å². The molecule has 2 aromatic rings. The molecule has 0 heterocycles. The minimum Gasteiger partial charge on any atom is -0.497 e. The molecule has 2 rings (SSSR count). The summed E-state index contributed by atoms with van der Waals surface area (Å²) in [5.41, 5.74) is 2.49. The number of carbonyl (C=O) groups is 1. The monoisotopic (exact) mass is 311 g/mol. The third-order valence-corrected chi connectivity index (χ3v) is 3.93. The van der Waals surface area contributed by atoms with Gasteiger partial charge in [0.25, 0.3) is 0 Å². The van der Waals surface area contributed by atoms with Gasteiger partial charge in [-0.25, -0.2) is 0 Å². The first-order valence-corrected chi connectivity index (χ1v) is 8.17. The molecule has 0 radical (unpaired) electrons. The molecule has 1 unspecified atom stereocenters. The van der Waals surface area contributed by atoms with Gasteiger partial charge in [-0.1, -0.05) is 49.4 Å². The lowest BCUT2D eigenvalue weighted by Crippen LogP contribution is -2.29. The van der Waals surface area contributed by atoms with Crippen LogP contribution in [0.1, 0.15) is 36.8 Å². The minimum atomic E-state index is 0.128. The van der Waals surface area contributed by atoms with Crippen LogP contribution in [0.3, 0.4) is 0 Å². The van der Waals surface area contributed by atoms with Crippen LogP contribution < -0.4 is 10.1 Å². The van der Waals surface area contributed by atoms with E-state index < -0.39 is 0 Å². The molecule has 3 heteroatoms. The average Bonchev–Trinajstić information content (AvgIpc) is 2.60. The van der Waals surface area contributed by atoms with E-state index in [2.05, 4.69) is 29.6 Å². The SMILES string of the molecule is CCCC(=O)NCC(Cc1ccc(OC)cc1)c1ccccc1. The quantitative estimate of drug-likeness (QED) is 0.802. The van der Waals surface area contributed by atoms with Crippen molar-refractivity contribution in [1.29, 1.82) is 0 Å². The zero-order valence-electron chi connectivity index (χ0n) is 13.9. The summed E-state index contributed by atoms with van der Waals surface area (Å²) in [6.45, 7) is 2.68. The van der Waals surface area contributed by atoms with Crippen LogP contribution in [0, 0.1) is 0 Å². The fourth-order valence-corrected chi connectivity index (χ4v) is 2.63. The normalized spacial score (nSPS) is 11.7. The molecular weight excluding hydrogens is 286 g/mol. The van der Waals surface area contributed by atoms with E-state index in [0.717, 1.165) is 18.6 Å². The van der Waals surface area contributed by atoms with E-state index in [1.807, 2.05) is 37.3 Å². The molecule has 0 aliphatic carbocycles. The van der Waals surface area contributed by atoms with Gasteiger partial charge in [0, 0.05) is 18.9 Å². The zero-order valence-corrected chi connectivity index (χ0v) is 13.9. The van der Waals surface area contributed by atoms with Crippen LogP contribution >= 0.6 is 0 Å². The number of carbonyl (C=O) groups excluding carboxylic acids is 1. The van der Waals surface area contributed by atoms with Gasteiger partial charge in [0.15, 0.2) is 0 Å². The molecule has 122 valence electrons. The van der Waals surface area contributed by atoms with Crippen LogP contribution in [0.2, 0.25) is 0 Å². The van der Waals surface area contributed by atoms with Crippen LogP contribution in [0.15, 0.2) is 54.6 Å². The topological polar surface area (TPSA) is 38.3 Å². The Labute approximate surface area is 138 Å². The van der Waals surface area contributed by atoms with Crippen molar-refractivity contribution in [1.82, 2.24) is 5.32 Å². The molecule has 0 aliphatic rings. The largest absolute Gasteiger partial charge is 0.497 e. The van der Waals surface area contributed by atoms with Crippen molar-refractivity contribution in [2.75, 3.05) is 13.7 Å². The van der Waals surface area contributed by atoms with Gasteiger partial charge >= 0.3 is 0 Å². The predicted octanol–water partition coefficient (Wildman–Crippen LogP) is 3.94. The van der Waals surface area contributed by atoms with E-state index in [9.17, 15) is 4.79 Å². The average molecular weight is 311 g/mol. The summed E-state index contributed by atoms with van der Waals surface area (Å²) >= 11 is 0. The van der Waals surface area contributed by atoms with Gasteiger partial charge < -0.3 is 10.1 Å². The molecule has 0 saturated carbocycles. The standard InChI is InChI=1S/C20H25NO2/c1-3-7-20(22)21-15-18(17-8-5-4-6-9-17)14-16-10-12-19(23-2)13-11-16/h4-6,8-13,18H,3,7,14-15H2,1-2H3,(H,21,22). The van der Waals surface area contributed by atoms with Crippen molar-refractivity contribution in [3.63, 3.8) is 0 Å². The maximum Gasteiger partial charge on any atom is 0.220 e. The Morgan fingerprint density at radius 1 is 1.09 bits per heavy atom. The van der Waals surface area contributed by atoms with Crippen LogP contribution in [0.5, 0.6) is 5.75 Å². The fraction of sp³-hybridized carbons (Fsp3) is 0.350. The highest BCUT2D eigenvalue weighted by Gasteiger charge is 2.13. The number of amides is 1. The summed E-state index contributed by atoms with van der Waals surface area (Å²) < 4.78 is 5.21. The first-order valence-electron chi connectivity index (χ1n) is 8.17. The fourth-order valence-electron chi connectivity index (χ4n) is 2.63. The van der Waals surface area contributed by atoms with E-state index in [-0.39, 0.29) is 11.8 Å². The molecule has 0 bridgehead atoms. The van der Waals surface area contributed by atoms with Crippen molar-refractivity contribution in [2.45, 2.75) is 32.1 Å². The van der Waals surface area contributed by atoms with Gasteiger partial charge in [-0.15, -0.1) is 0 Å². The van der Waals surface area contributed by atoms with E-state index in [1.165, 1.54) is 11.1 Å². The van der Waals surface area contributed by atoms with Crippen molar-refractivity contribution in [3.8, 4) is 5.75 Å². The van der Waals surface area contributed by atoms with E-state index in [0.29, 0.717) is 13.0 Å². The van der Waals surface area contributed by atoms with E-state index in [4.69, 9.17) is 4.74 Å². The number of nitrogens with one attached hydrogen (secondary N) is 1. The molecule has 0 aromatic heterocycles. The smallest absolute Gasteiger partial charge is 0.220 e. The third kappa shape index (κ3) is 5.44. The van der Waals surface area contributed by atoms with Crippen molar-refractivity contribution >= 4 is 5.91 Å². The summed E-state index contributed by atoms with van der Waals surface area (Å²) in [6, 6.07) is 18.5. The lowest BCUT2D eigenvalue weighted by molar-refractivity contribution is -0.121. The number of benzene rings is 2. The summed E-state index contributed by atoms with van der Waals surface area (Å²) in [7, 11) is 1.67. The highest BCUT2D eigenvalue weighted by Crippen LogP contribution is 2.22. The maximum absolute atomic E-state index is 11.8. The molecule has 1 atom stereocenters. The van der Waals surface area contributed by atoms with Crippen LogP contribution in [-0.2, 0) is 11.2 Å². The number of methoxy groups -OCH3 is 1. The molecular formula is C20H25NO2. The molecule has 1 N–H and O–H groups in total. The Hall–Kier alpha value is -2.29. The number of hydrogen-bond donors (Lipinski definition) is 1. The van der Waals surface area contributed by atoms with Gasteiger partial charge in [0.2, 0.25) is 5.91 Å². The first kappa shape index (κ1) is 17.1. The van der Waals surface area contributed by atoms with Gasteiger partial charge in [0.1, 0.15) is 5.75 Å². The summed E-state index contributed by atoms with van der Waals surface area (Å²) in [4.78, 5) is 11.8. The Morgan fingerprint density at radius 2 is 1.78 bits per heavy atom. The van der Waals surface area contributed by atoms with Gasteiger partial charge in [-0.2, -0.15) is 0 Å². The molecule has 2 aromatic carbocycles. The predicted molar refractivity (Wildman–Crippen MR) is 93.8 cm³/mol. The Bertz CT molecular complexity index is 593. The van der Waals surface area contributed by atoms with E-state index in [1.54, 1.807) is 7.11 Å². The molecule has 0 saturated heterocycles. The summed E-state index contributed by atoms with van der Waals surface area (Å²) in [5, 5.41) is 3.06. The van der Waals surface area contributed by atoms with Crippen LogP contribution in [-0.4, -0.2) is 19.6 Å². The van der Waals surface area contributed by atoms with Crippen LogP contribution in [0.25, 0.3) is 0 Å². The van der Waals surface area contributed by atoms with Crippen molar-refractivity contribution < 1.29 is 9.53 Å². The first-order chi connectivity index (χ1) is 11.2. The van der Waals surface area contributed by atoms with Crippen molar-refractivity contribution in [2.24, 2.45) is 0 Å². The Morgan fingerprint density at radius 3 is 2.39 bits per heavy atom. The lowest BCUT2D eigenvalue weighted by atomic mass is 9.92. The Balaban J connectivity index is 2.07. The molecule has 0 fully saturated rings.